The largest absolute Gasteiger partial charge is 0.298 e. The summed E-state index contributed by atoms with van der Waals surface area (Å²) >= 11 is 1.48. The van der Waals surface area contributed by atoms with Gasteiger partial charge < -0.3 is 0 Å². The number of hydrogen-bond donors (Lipinski definition) is 2. The summed E-state index contributed by atoms with van der Waals surface area (Å²) in [5, 5.41) is 3.37. The van der Waals surface area contributed by atoms with Crippen molar-refractivity contribution in [2.75, 3.05) is 11.9 Å². The highest BCUT2D eigenvalue weighted by Crippen LogP contribution is 2.29. The number of benzene rings is 2. The second-order valence-electron chi connectivity index (χ2n) is 8.09. The molecule has 0 radical (unpaired) electrons. The van der Waals surface area contributed by atoms with Gasteiger partial charge >= 0.3 is 0 Å². The molecule has 0 spiro atoms. The molecule has 168 valence electrons. The van der Waals surface area contributed by atoms with Gasteiger partial charge in [0.15, 0.2) is 5.13 Å². The Kier molecular flexibility index (Phi) is 6.71. The fraction of sp³-hybridized carbons (Fsp3) is 0.304. The minimum absolute atomic E-state index is 0.0637. The van der Waals surface area contributed by atoms with Crippen LogP contribution in [0.5, 0.6) is 0 Å². The molecule has 0 saturated heterocycles. The van der Waals surface area contributed by atoms with Crippen molar-refractivity contribution in [2.45, 2.75) is 44.3 Å². The quantitative estimate of drug-likeness (QED) is 0.550. The van der Waals surface area contributed by atoms with Gasteiger partial charge in [0.1, 0.15) is 0 Å². The molecule has 4 rings (SSSR count). The van der Waals surface area contributed by atoms with Crippen molar-refractivity contribution in [3.8, 4) is 0 Å². The zero-order valence-electron chi connectivity index (χ0n) is 18.0. The number of nitrogens with one attached hydrogen (secondary N) is 2. The minimum atomic E-state index is -3.67. The van der Waals surface area contributed by atoms with Crippen LogP contribution in [-0.2, 0) is 29.5 Å². The number of hydrogen-bond acceptors (Lipinski definition) is 6. The van der Waals surface area contributed by atoms with Crippen LogP contribution >= 0.6 is 11.3 Å². The number of fused-ring (bicyclic) bond motifs is 1. The predicted octanol–water partition coefficient (Wildman–Crippen LogP) is 3.64. The van der Waals surface area contributed by atoms with E-state index in [9.17, 15) is 13.2 Å². The van der Waals surface area contributed by atoms with Crippen molar-refractivity contribution >= 4 is 32.4 Å². The Bertz CT molecular complexity index is 1210. The Morgan fingerprint density at radius 3 is 2.69 bits per heavy atom. The molecule has 0 saturated carbocycles. The lowest BCUT2D eigenvalue weighted by molar-refractivity contribution is 0.102. The molecule has 2 heterocycles. The molecule has 0 fully saturated rings. The molecule has 2 aromatic carbocycles. The third-order valence-electron chi connectivity index (χ3n) is 5.08. The average molecular weight is 471 g/mol. The van der Waals surface area contributed by atoms with Crippen LogP contribution in [-0.4, -0.2) is 36.8 Å². The van der Waals surface area contributed by atoms with E-state index in [4.69, 9.17) is 0 Å². The number of rotatable bonds is 7. The maximum absolute atomic E-state index is 12.8. The number of thiazole rings is 1. The number of sulfonamides is 1. The second-order valence-corrected chi connectivity index (χ2v) is 10.9. The molecular weight excluding hydrogens is 444 g/mol. The first kappa shape index (κ1) is 22.6. The van der Waals surface area contributed by atoms with Crippen LogP contribution in [0, 0.1) is 0 Å². The van der Waals surface area contributed by atoms with Crippen LogP contribution in [0.4, 0.5) is 5.13 Å². The maximum atomic E-state index is 12.8. The standard InChI is InChI=1S/C23H26N4O3S2/c1-16(2)26-32(29,30)19-10-6-9-18(13-19)22(28)25-23-24-20-11-12-27(15-21(20)31-23)14-17-7-4-3-5-8-17/h3-10,13,16,26H,11-12,14-15H2,1-2H3,(H,24,25,28). The zero-order chi connectivity index (χ0) is 22.7. The average Bonchev–Trinajstić information content (AvgIpc) is 3.15. The van der Waals surface area contributed by atoms with Gasteiger partial charge in [0, 0.05) is 42.5 Å². The highest BCUT2D eigenvalue weighted by atomic mass is 32.2. The summed E-state index contributed by atoms with van der Waals surface area (Å²) in [5.74, 6) is -0.376. The van der Waals surface area contributed by atoms with Crippen molar-refractivity contribution in [1.82, 2.24) is 14.6 Å². The highest BCUT2D eigenvalue weighted by molar-refractivity contribution is 7.89. The molecule has 2 N–H and O–H groups in total. The summed E-state index contributed by atoms with van der Waals surface area (Å²) in [6, 6.07) is 16.1. The third kappa shape index (κ3) is 5.42. The number of aromatic nitrogens is 1. The van der Waals surface area contributed by atoms with Crippen LogP contribution in [0.3, 0.4) is 0 Å². The lowest BCUT2D eigenvalue weighted by atomic mass is 10.1. The van der Waals surface area contributed by atoms with E-state index in [0.29, 0.717) is 5.13 Å². The molecular formula is C23H26N4O3S2. The molecule has 32 heavy (non-hydrogen) atoms. The molecule has 1 aliphatic heterocycles. The van der Waals surface area contributed by atoms with E-state index in [1.54, 1.807) is 26.0 Å². The second kappa shape index (κ2) is 9.50. The van der Waals surface area contributed by atoms with Crippen LogP contribution < -0.4 is 10.0 Å². The van der Waals surface area contributed by atoms with Gasteiger partial charge in [-0.15, -0.1) is 11.3 Å². The topological polar surface area (TPSA) is 91.4 Å². The summed E-state index contributed by atoms with van der Waals surface area (Å²) in [6.07, 6.45) is 0.836. The first-order chi connectivity index (χ1) is 15.3. The van der Waals surface area contributed by atoms with Gasteiger partial charge in [-0.25, -0.2) is 18.1 Å². The van der Waals surface area contributed by atoms with Crippen molar-refractivity contribution in [2.24, 2.45) is 0 Å². The van der Waals surface area contributed by atoms with Crippen molar-refractivity contribution in [3.63, 3.8) is 0 Å². The predicted molar refractivity (Wildman–Crippen MR) is 126 cm³/mol. The van der Waals surface area contributed by atoms with Crippen LogP contribution in [0.1, 0.15) is 40.3 Å². The number of carbonyl (C=O) groups excluding carboxylic acids is 1. The molecule has 0 bridgehead atoms. The van der Waals surface area contributed by atoms with Crippen molar-refractivity contribution < 1.29 is 13.2 Å². The maximum Gasteiger partial charge on any atom is 0.257 e. The number of nitrogens with zero attached hydrogens (tertiary/aromatic N) is 2. The lowest BCUT2D eigenvalue weighted by Gasteiger charge is -2.25. The van der Waals surface area contributed by atoms with E-state index in [0.717, 1.165) is 36.6 Å². The fourth-order valence-electron chi connectivity index (χ4n) is 3.63. The fourth-order valence-corrected chi connectivity index (χ4v) is 5.97. The molecule has 9 heteroatoms. The Morgan fingerprint density at radius 2 is 1.94 bits per heavy atom. The van der Waals surface area contributed by atoms with E-state index in [1.165, 1.54) is 29.0 Å². The van der Waals surface area contributed by atoms with Gasteiger partial charge in [0.05, 0.1) is 10.6 Å². The van der Waals surface area contributed by atoms with Crippen LogP contribution in [0.2, 0.25) is 0 Å². The molecule has 3 aromatic rings. The van der Waals surface area contributed by atoms with Gasteiger partial charge in [-0.3, -0.25) is 15.0 Å². The summed E-state index contributed by atoms with van der Waals surface area (Å²) in [4.78, 5) is 21.0. The molecule has 1 amide bonds. The summed E-state index contributed by atoms with van der Waals surface area (Å²) < 4.78 is 27.4. The Hall–Kier alpha value is -2.59. The summed E-state index contributed by atoms with van der Waals surface area (Å²) in [7, 11) is -3.67. The number of carbonyl (C=O) groups is 1. The minimum Gasteiger partial charge on any atom is -0.298 e. The number of anilines is 1. The van der Waals surface area contributed by atoms with E-state index in [1.807, 2.05) is 18.2 Å². The van der Waals surface area contributed by atoms with Gasteiger partial charge in [0.2, 0.25) is 10.0 Å². The zero-order valence-corrected chi connectivity index (χ0v) is 19.7. The van der Waals surface area contributed by atoms with Gasteiger partial charge in [0.25, 0.3) is 5.91 Å². The van der Waals surface area contributed by atoms with Gasteiger partial charge in [-0.1, -0.05) is 36.4 Å². The Labute approximate surface area is 192 Å². The molecule has 7 nitrogen and oxygen atoms in total. The first-order valence-electron chi connectivity index (χ1n) is 10.5. The molecule has 1 aliphatic rings. The van der Waals surface area contributed by atoms with Crippen LogP contribution in [0.25, 0.3) is 0 Å². The monoisotopic (exact) mass is 470 g/mol. The summed E-state index contributed by atoms with van der Waals surface area (Å²) in [5.41, 5.74) is 2.57. The van der Waals surface area contributed by atoms with E-state index < -0.39 is 10.0 Å². The SMILES string of the molecule is CC(C)NS(=O)(=O)c1cccc(C(=O)Nc2nc3c(s2)CN(Cc2ccccc2)CC3)c1. The molecule has 0 atom stereocenters. The van der Waals surface area contributed by atoms with E-state index >= 15 is 0 Å². The van der Waals surface area contributed by atoms with Crippen molar-refractivity contribution in [3.05, 3.63) is 76.3 Å². The first-order valence-corrected chi connectivity index (χ1v) is 12.8. The van der Waals surface area contributed by atoms with E-state index in [2.05, 4.69) is 32.1 Å². The number of amides is 1. The van der Waals surface area contributed by atoms with Gasteiger partial charge in [-0.05, 0) is 37.6 Å². The summed E-state index contributed by atoms with van der Waals surface area (Å²) in [6.45, 7) is 6.10. The Morgan fingerprint density at radius 1 is 1.16 bits per heavy atom. The van der Waals surface area contributed by atoms with Crippen molar-refractivity contribution in [1.29, 1.82) is 0 Å². The van der Waals surface area contributed by atoms with Crippen LogP contribution in [0.15, 0.2) is 59.5 Å². The lowest BCUT2D eigenvalue weighted by Crippen LogP contribution is -2.30. The smallest absolute Gasteiger partial charge is 0.257 e. The molecule has 0 unspecified atom stereocenters. The Balaban J connectivity index is 1.44. The molecule has 1 aromatic heterocycles. The highest BCUT2D eigenvalue weighted by Gasteiger charge is 2.22. The van der Waals surface area contributed by atoms with Gasteiger partial charge in [-0.2, -0.15) is 0 Å². The molecule has 0 aliphatic carbocycles. The normalized spacial score (nSPS) is 14.3. The van der Waals surface area contributed by atoms with E-state index in [-0.39, 0.29) is 22.4 Å². The third-order valence-corrected chi connectivity index (χ3v) is 7.73.